The van der Waals surface area contributed by atoms with Gasteiger partial charge in [-0.05, 0) is 20.8 Å². The van der Waals surface area contributed by atoms with E-state index in [0.29, 0.717) is 6.42 Å². The Morgan fingerprint density at radius 2 is 2.20 bits per heavy atom. The summed E-state index contributed by atoms with van der Waals surface area (Å²) < 4.78 is 5.95. The lowest BCUT2D eigenvalue weighted by molar-refractivity contribution is -0.155. The third-order valence-electron chi connectivity index (χ3n) is 1.51. The summed E-state index contributed by atoms with van der Waals surface area (Å²) in [4.78, 5) is 21.6. The number of rotatable bonds is 6. The Hall–Kier alpha value is -0.105. The molecule has 0 aliphatic carbocycles. The molecule has 0 amide bonds. The van der Waals surface area contributed by atoms with E-state index in [-0.39, 0.29) is 19.4 Å². The Labute approximate surface area is 105 Å². The predicted octanol–water partition coefficient (Wildman–Crippen LogP) is 0.653. The molecule has 86 valence electrons. The van der Waals surface area contributed by atoms with E-state index < -0.39 is 5.60 Å². The highest BCUT2D eigenvalue weighted by Gasteiger charge is 2.19. The number of hydrogen-bond donors (Lipinski definition) is 1. The third-order valence-corrected chi connectivity index (χ3v) is 2.57. The van der Waals surface area contributed by atoms with E-state index in [0.717, 1.165) is 10.6 Å². The summed E-state index contributed by atoms with van der Waals surface area (Å²) in [5.74, 6) is -0.234. The Morgan fingerprint density at radius 3 is 2.60 bits per heavy atom. The van der Waals surface area contributed by atoms with Gasteiger partial charge in [0.2, 0.25) is 0 Å². The average Bonchev–Trinajstić information content (AvgIpc) is 2.09. The van der Waals surface area contributed by atoms with Crippen molar-refractivity contribution in [1.29, 1.82) is 0 Å². The second kappa shape index (κ2) is 7.21. The Kier molecular flexibility index (Phi) is 7.16. The minimum atomic E-state index is -0.447. The zero-order chi connectivity index (χ0) is 11.9. The van der Waals surface area contributed by atoms with Crippen molar-refractivity contribution >= 4 is 42.2 Å². The lowest BCUT2D eigenvalue weighted by atomic mass is 9.96. The minimum Gasteiger partial charge on any atom is -0.460 e. The van der Waals surface area contributed by atoms with Crippen molar-refractivity contribution in [3.05, 3.63) is 0 Å². The first-order valence-electron chi connectivity index (χ1n) is 4.84. The van der Waals surface area contributed by atoms with Gasteiger partial charge < -0.3 is 14.8 Å². The van der Waals surface area contributed by atoms with Gasteiger partial charge in [0, 0.05) is 10.5 Å². The number of ether oxygens (including phenoxy) is 1. The molecule has 0 rings (SSSR count). The van der Waals surface area contributed by atoms with Crippen LogP contribution in [-0.4, -0.2) is 35.6 Å². The van der Waals surface area contributed by atoms with Crippen LogP contribution in [0.3, 0.4) is 0 Å². The highest BCUT2D eigenvalue weighted by molar-refractivity contribution is 14.1. The van der Waals surface area contributed by atoms with Gasteiger partial charge in [0.05, 0.1) is 12.6 Å². The van der Waals surface area contributed by atoms with E-state index >= 15 is 0 Å². The van der Waals surface area contributed by atoms with Gasteiger partial charge in [0.15, 0.2) is 0 Å². The number of esters is 1. The van der Waals surface area contributed by atoms with Gasteiger partial charge in [0.1, 0.15) is 5.60 Å². The molecule has 0 radical (unpaired) electrons. The molecule has 15 heavy (non-hydrogen) atoms. The molecule has 0 unspecified atom stereocenters. The molecule has 0 bridgehead atoms. The molecule has 4 nitrogen and oxygen atoms in total. The van der Waals surface area contributed by atoms with Crippen LogP contribution < -0.4 is 5.23 Å². The van der Waals surface area contributed by atoms with Crippen LogP contribution in [0.2, 0.25) is 0 Å². The quantitative estimate of drug-likeness (QED) is 0.256. The van der Waals surface area contributed by atoms with Crippen LogP contribution in [0.1, 0.15) is 27.2 Å². The highest BCUT2D eigenvalue weighted by Crippen LogP contribution is 2.09. The molecule has 0 spiro atoms. The highest BCUT2D eigenvalue weighted by atomic mass is 127. The molecule has 0 heterocycles. The number of alkyl halides is 1. The Balaban J connectivity index is 3.95. The van der Waals surface area contributed by atoms with Crippen LogP contribution >= 0.6 is 22.6 Å². The van der Waals surface area contributed by atoms with Gasteiger partial charge >= 0.3 is 5.97 Å². The van der Waals surface area contributed by atoms with E-state index in [2.05, 4.69) is 27.8 Å². The molecular weight excluding hydrogens is 308 g/mol. The first-order chi connectivity index (χ1) is 6.89. The Morgan fingerprint density at radius 1 is 1.60 bits per heavy atom. The normalized spacial score (nSPS) is 13.1. The first kappa shape index (κ1) is 14.9. The molecule has 6 heteroatoms. The maximum Gasteiger partial charge on any atom is 0.307 e. The molecule has 0 fully saturated rings. The van der Waals surface area contributed by atoms with Crippen molar-refractivity contribution in [2.75, 3.05) is 4.43 Å². The summed E-state index contributed by atoms with van der Waals surface area (Å²) in [6.07, 6.45) is 1.09. The van der Waals surface area contributed by atoms with Gasteiger partial charge in [-0.1, -0.05) is 22.6 Å². The molecule has 1 N–H and O–H groups in total. The molecule has 0 saturated heterocycles. The Bertz CT molecular complexity index is 218. The van der Waals surface area contributed by atoms with Crippen molar-refractivity contribution in [2.24, 2.45) is 0 Å². The van der Waals surface area contributed by atoms with E-state index in [1.807, 2.05) is 20.8 Å². The maximum atomic E-state index is 11.4. The second-order valence-corrected chi connectivity index (χ2v) is 5.10. The number of hydrogen-bond acceptors (Lipinski definition) is 4. The van der Waals surface area contributed by atoms with Crippen LogP contribution in [0.5, 0.6) is 0 Å². The molecule has 1 atom stereocenters. The van der Waals surface area contributed by atoms with E-state index in [1.54, 1.807) is 0 Å². The van der Waals surface area contributed by atoms with Gasteiger partial charge in [-0.15, -0.1) is 0 Å². The SMILES string of the molecule is CC(C)(C)OC(=O)C[C@@H](CI)NBC=O. The summed E-state index contributed by atoms with van der Waals surface area (Å²) in [5, 5.41) is 2.96. The maximum absolute atomic E-state index is 11.4. The standard InChI is InChI=1S/C9H17BINO3/c1-9(2,3)15-8(14)4-7(5-11)12-10-6-13/h6-7,10,12H,4-5H2,1-3H3/t7-/m0/s1. The summed E-state index contributed by atoms with van der Waals surface area (Å²) in [6, 6.07) is 0.00523. The number of nitrogens with one attached hydrogen (secondary N) is 1. The van der Waals surface area contributed by atoms with Gasteiger partial charge in [-0.25, -0.2) is 0 Å². The molecule has 0 aromatic heterocycles. The van der Waals surface area contributed by atoms with Crippen molar-refractivity contribution in [3.8, 4) is 0 Å². The fraction of sp³-hybridized carbons (Fsp3) is 0.778. The predicted molar refractivity (Wildman–Crippen MR) is 70.2 cm³/mol. The summed E-state index contributed by atoms with van der Waals surface area (Å²) in [6.45, 7) is 5.51. The van der Waals surface area contributed by atoms with Gasteiger partial charge in [-0.3, -0.25) is 4.79 Å². The lowest BCUT2D eigenvalue weighted by Crippen LogP contribution is -2.38. The fourth-order valence-corrected chi connectivity index (χ4v) is 1.60. The summed E-state index contributed by atoms with van der Waals surface area (Å²) >= 11 is 2.17. The molecule has 0 aliphatic heterocycles. The lowest BCUT2D eigenvalue weighted by Gasteiger charge is -2.21. The van der Waals surface area contributed by atoms with Gasteiger partial charge in [-0.2, -0.15) is 0 Å². The molecule has 0 aromatic rings. The van der Waals surface area contributed by atoms with E-state index in [1.165, 1.54) is 0 Å². The summed E-state index contributed by atoms with van der Waals surface area (Å²) in [5.41, 5.74) is -0.447. The first-order valence-corrected chi connectivity index (χ1v) is 6.36. The van der Waals surface area contributed by atoms with Crippen LogP contribution in [0.25, 0.3) is 0 Å². The smallest absolute Gasteiger partial charge is 0.307 e. The van der Waals surface area contributed by atoms with Crippen LogP contribution in [-0.2, 0) is 14.3 Å². The van der Waals surface area contributed by atoms with Crippen molar-refractivity contribution in [1.82, 2.24) is 5.23 Å². The van der Waals surface area contributed by atoms with Crippen molar-refractivity contribution in [3.63, 3.8) is 0 Å². The van der Waals surface area contributed by atoms with Crippen LogP contribution in [0.15, 0.2) is 0 Å². The molecule has 0 aliphatic rings. The zero-order valence-corrected chi connectivity index (χ0v) is 11.5. The number of carbonyl (C=O) groups excluding carboxylic acids is 2. The largest absolute Gasteiger partial charge is 0.460 e. The second-order valence-electron chi connectivity index (χ2n) is 4.22. The number of halogens is 1. The van der Waals surface area contributed by atoms with Crippen molar-refractivity contribution < 1.29 is 14.3 Å². The molecule has 0 aromatic carbocycles. The van der Waals surface area contributed by atoms with E-state index in [9.17, 15) is 9.59 Å². The minimum absolute atomic E-state index is 0.00523. The topological polar surface area (TPSA) is 55.4 Å². The average molecular weight is 325 g/mol. The van der Waals surface area contributed by atoms with Crippen LogP contribution in [0.4, 0.5) is 0 Å². The van der Waals surface area contributed by atoms with Crippen molar-refractivity contribution in [2.45, 2.75) is 38.8 Å². The van der Waals surface area contributed by atoms with E-state index in [4.69, 9.17) is 4.74 Å². The summed E-state index contributed by atoms with van der Waals surface area (Å²) in [7, 11) is 0.274. The zero-order valence-electron chi connectivity index (χ0n) is 9.38. The van der Waals surface area contributed by atoms with Crippen LogP contribution in [0, 0.1) is 0 Å². The fourth-order valence-electron chi connectivity index (χ4n) is 0.980. The van der Waals surface area contributed by atoms with Gasteiger partial charge in [0.25, 0.3) is 7.41 Å². The number of carbonyl (C=O) groups is 2. The monoisotopic (exact) mass is 325 g/mol. The molecule has 0 saturated carbocycles. The third kappa shape index (κ3) is 8.86. The molecular formula is C9H17BINO3.